The van der Waals surface area contributed by atoms with Gasteiger partial charge in [0, 0.05) is 13.0 Å². The zero-order valence-corrected chi connectivity index (χ0v) is 13.6. The molecule has 0 bridgehead atoms. The molecule has 1 aromatic rings. The maximum Gasteiger partial charge on any atom is 0.223 e. The second-order valence-corrected chi connectivity index (χ2v) is 5.83. The fourth-order valence-corrected chi connectivity index (χ4v) is 2.92. The van der Waals surface area contributed by atoms with E-state index in [0.717, 1.165) is 19.4 Å². The molecule has 0 unspecified atom stereocenters. The van der Waals surface area contributed by atoms with E-state index in [-0.39, 0.29) is 6.04 Å². The number of carbonyl (C=O) groups is 1. The molecule has 2 atom stereocenters. The molecular weight excluding hydrogens is 246 g/mol. The van der Waals surface area contributed by atoms with Gasteiger partial charge in [-0.3, -0.25) is 4.79 Å². The first kappa shape index (κ1) is 16.7. The Kier molecular flexibility index (Phi) is 6.77. The van der Waals surface area contributed by atoms with Gasteiger partial charge >= 0.3 is 0 Å². The van der Waals surface area contributed by atoms with Crippen LogP contribution >= 0.6 is 0 Å². The molecule has 1 fully saturated rings. The summed E-state index contributed by atoms with van der Waals surface area (Å²) < 4.78 is 0. The molecule has 2 nitrogen and oxygen atoms in total. The molecule has 1 aliphatic rings. The van der Waals surface area contributed by atoms with Gasteiger partial charge in [-0.2, -0.15) is 0 Å². The second-order valence-electron chi connectivity index (χ2n) is 5.83. The van der Waals surface area contributed by atoms with Crippen LogP contribution in [0.3, 0.4) is 0 Å². The van der Waals surface area contributed by atoms with Crippen LogP contribution in [0.1, 0.15) is 59.1 Å². The quantitative estimate of drug-likeness (QED) is 0.782. The third-order valence-corrected chi connectivity index (χ3v) is 3.79. The Morgan fingerprint density at radius 1 is 1.15 bits per heavy atom. The van der Waals surface area contributed by atoms with E-state index >= 15 is 0 Å². The number of amides is 1. The number of hydrogen-bond donors (Lipinski definition) is 0. The number of benzene rings is 1. The maximum absolute atomic E-state index is 12.1. The lowest BCUT2D eigenvalue weighted by molar-refractivity contribution is -0.129. The Labute approximate surface area is 124 Å². The normalized spacial score (nSPS) is 19.8. The topological polar surface area (TPSA) is 20.3 Å². The standard InChI is InChI=1S/C16H23NO.C2H6/c1-12(2)9-14-10-16(18)17(11-14)13(3)15-7-5-4-6-8-15;1-2/h4-8,12-14H,9-11H2,1-3H3;1-2H3/t13-,14-;/m0./s1. The van der Waals surface area contributed by atoms with Gasteiger partial charge < -0.3 is 4.90 Å². The van der Waals surface area contributed by atoms with E-state index in [1.807, 2.05) is 36.9 Å². The predicted octanol–water partition coefficient (Wildman–Crippen LogP) is 4.67. The smallest absolute Gasteiger partial charge is 0.223 e. The van der Waals surface area contributed by atoms with Crippen LogP contribution in [0.2, 0.25) is 0 Å². The first-order valence-corrected chi connectivity index (χ1v) is 7.92. The first-order valence-electron chi connectivity index (χ1n) is 7.92. The third kappa shape index (κ3) is 4.36. The van der Waals surface area contributed by atoms with Gasteiger partial charge in [0.15, 0.2) is 0 Å². The molecule has 0 saturated carbocycles. The molecule has 1 saturated heterocycles. The number of nitrogens with zero attached hydrogens (tertiary/aromatic N) is 1. The highest BCUT2D eigenvalue weighted by atomic mass is 16.2. The van der Waals surface area contributed by atoms with Crippen molar-refractivity contribution in [2.24, 2.45) is 11.8 Å². The molecule has 112 valence electrons. The molecule has 1 amide bonds. The summed E-state index contributed by atoms with van der Waals surface area (Å²) >= 11 is 0. The molecule has 1 aromatic carbocycles. The van der Waals surface area contributed by atoms with Crippen LogP contribution in [0.4, 0.5) is 0 Å². The molecule has 20 heavy (non-hydrogen) atoms. The highest BCUT2D eigenvalue weighted by Gasteiger charge is 2.33. The van der Waals surface area contributed by atoms with E-state index in [1.165, 1.54) is 5.56 Å². The van der Waals surface area contributed by atoms with Crippen molar-refractivity contribution in [1.82, 2.24) is 4.90 Å². The lowest BCUT2D eigenvalue weighted by Crippen LogP contribution is -2.28. The summed E-state index contributed by atoms with van der Waals surface area (Å²) in [7, 11) is 0. The van der Waals surface area contributed by atoms with Crippen molar-refractivity contribution < 1.29 is 4.79 Å². The van der Waals surface area contributed by atoms with Crippen molar-refractivity contribution in [3.63, 3.8) is 0 Å². The van der Waals surface area contributed by atoms with Crippen molar-refractivity contribution >= 4 is 5.91 Å². The number of carbonyl (C=O) groups excluding carboxylic acids is 1. The van der Waals surface area contributed by atoms with Crippen molar-refractivity contribution in [3.05, 3.63) is 35.9 Å². The van der Waals surface area contributed by atoms with Crippen LogP contribution in [0.15, 0.2) is 30.3 Å². The minimum absolute atomic E-state index is 0.205. The molecule has 2 heteroatoms. The van der Waals surface area contributed by atoms with Gasteiger partial charge in [0.1, 0.15) is 0 Å². The molecule has 0 aromatic heterocycles. The summed E-state index contributed by atoms with van der Waals surface area (Å²) in [5.41, 5.74) is 1.23. The van der Waals surface area contributed by atoms with E-state index in [4.69, 9.17) is 0 Å². The highest BCUT2D eigenvalue weighted by Crippen LogP contribution is 2.31. The molecule has 1 heterocycles. The average molecular weight is 275 g/mol. The van der Waals surface area contributed by atoms with E-state index in [9.17, 15) is 4.79 Å². The van der Waals surface area contributed by atoms with Crippen molar-refractivity contribution in [3.8, 4) is 0 Å². The van der Waals surface area contributed by atoms with Crippen LogP contribution in [-0.4, -0.2) is 17.4 Å². The molecule has 2 rings (SSSR count). The van der Waals surface area contributed by atoms with Crippen LogP contribution in [-0.2, 0) is 4.79 Å². The summed E-state index contributed by atoms with van der Waals surface area (Å²) in [6, 6.07) is 10.5. The van der Waals surface area contributed by atoms with Crippen LogP contribution in [0.5, 0.6) is 0 Å². The monoisotopic (exact) mass is 275 g/mol. The molecule has 0 N–H and O–H groups in total. The Morgan fingerprint density at radius 2 is 1.75 bits per heavy atom. The highest BCUT2D eigenvalue weighted by molar-refractivity contribution is 5.79. The van der Waals surface area contributed by atoms with Gasteiger partial charge in [-0.15, -0.1) is 0 Å². The van der Waals surface area contributed by atoms with Crippen LogP contribution < -0.4 is 0 Å². The summed E-state index contributed by atoms with van der Waals surface area (Å²) in [4.78, 5) is 14.2. The Hall–Kier alpha value is -1.31. The molecule has 0 aliphatic carbocycles. The second kappa shape index (κ2) is 8.08. The van der Waals surface area contributed by atoms with Gasteiger partial charge in [0.05, 0.1) is 6.04 Å². The lowest BCUT2D eigenvalue weighted by Gasteiger charge is -2.25. The molecule has 1 aliphatic heterocycles. The van der Waals surface area contributed by atoms with E-state index in [1.54, 1.807) is 0 Å². The molecule has 0 spiro atoms. The van der Waals surface area contributed by atoms with Gasteiger partial charge in [0.2, 0.25) is 5.91 Å². The largest absolute Gasteiger partial charge is 0.336 e. The van der Waals surface area contributed by atoms with E-state index in [0.29, 0.717) is 17.7 Å². The maximum atomic E-state index is 12.1. The lowest BCUT2D eigenvalue weighted by atomic mass is 9.96. The van der Waals surface area contributed by atoms with Crippen molar-refractivity contribution in [2.45, 2.75) is 53.5 Å². The minimum Gasteiger partial charge on any atom is -0.336 e. The van der Waals surface area contributed by atoms with Crippen LogP contribution in [0.25, 0.3) is 0 Å². The van der Waals surface area contributed by atoms with Gasteiger partial charge in [-0.05, 0) is 30.7 Å². The SMILES string of the molecule is CC.CC(C)C[C@H]1CC(=O)N([C@@H](C)c2ccccc2)C1. The van der Waals surface area contributed by atoms with Gasteiger partial charge in [-0.1, -0.05) is 58.0 Å². The first-order chi connectivity index (χ1) is 9.58. The van der Waals surface area contributed by atoms with Crippen molar-refractivity contribution in [2.75, 3.05) is 6.54 Å². The van der Waals surface area contributed by atoms with Gasteiger partial charge in [0.25, 0.3) is 0 Å². The fourth-order valence-electron chi connectivity index (χ4n) is 2.92. The Balaban J connectivity index is 0.000000956. The summed E-state index contributed by atoms with van der Waals surface area (Å²) in [5, 5.41) is 0. The zero-order chi connectivity index (χ0) is 15.1. The third-order valence-electron chi connectivity index (χ3n) is 3.79. The van der Waals surface area contributed by atoms with E-state index in [2.05, 4.69) is 32.9 Å². The number of likely N-dealkylation sites (tertiary alicyclic amines) is 1. The van der Waals surface area contributed by atoms with Gasteiger partial charge in [-0.25, -0.2) is 0 Å². The zero-order valence-electron chi connectivity index (χ0n) is 13.6. The summed E-state index contributed by atoms with van der Waals surface area (Å²) in [6.07, 6.45) is 1.89. The minimum atomic E-state index is 0.205. The summed E-state index contributed by atoms with van der Waals surface area (Å²) in [5.74, 6) is 1.54. The summed E-state index contributed by atoms with van der Waals surface area (Å²) in [6.45, 7) is 11.5. The van der Waals surface area contributed by atoms with Crippen molar-refractivity contribution in [1.29, 1.82) is 0 Å². The number of rotatable bonds is 4. The molecular formula is C18H29NO. The van der Waals surface area contributed by atoms with Crippen LogP contribution in [0, 0.1) is 11.8 Å². The Bertz CT molecular complexity index is 399. The fraction of sp³-hybridized carbons (Fsp3) is 0.611. The predicted molar refractivity (Wildman–Crippen MR) is 85.5 cm³/mol. The Morgan fingerprint density at radius 3 is 2.30 bits per heavy atom. The number of hydrogen-bond acceptors (Lipinski definition) is 1. The molecule has 0 radical (unpaired) electrons. The van der Waals surface area contributed by atoms with E-state index < -0.39 is 0 Å². The average Bonchev–Trinajstić information content (AvgIpc) is 2.81.